The van der Waals surface area contributed by atoms with Gasteiger partial charge in [-0.25, -0.2) is 8.78 Å². The van der Waals surface area contributed by atoms with Crippen molar-refractivity contribution in [3.05, 3.63) is 47.5 Å². The van der Waals surface area contributed by atoms with Gasteiger partial charge in [0, 0.05) is 42.1 Å². The Morgan fingerprint density at radius 2 is 1.68 bits per heavy atom. The Bertz CT molecular complexity index is 1060. The summed E-state index contributed by atoms with van der Waals surface area (Å²) in [6.07, 6.45) is 6.34. The molecule has 2 saturated heterocycles. The largest absolute Gasteiger partial charge is 0.318 e. The van der Waals surface area contributed by atoms with E-state index in [0.29, 0.717) is 0 Å². The molecular weight excluding hydrogens is 472 g/mol. The molecule has 1 N–H and O–H groups in total. The first kappa shape index (κ1) is 26.3. The topological polar surface area (TPSA) is 63.1 Å². The summed E-state index contributed by atoms with van der Waals surface area (Å²) in [5.74, 6) is -0.966. The van der Waals surface area contributed by atoms with Crippen LogP contribution >= 0.6 is 0 Å². The number of nitrogens with zero attached hydrogens (tertiary/aromatic N) is 4. The molecule has 3 heterocycles. The predicted molar refractivity (Wildman–Crippen MR) is 139 cm³/mol. The number of nitrogens with one attached hydrogen (secondary N) is 1. The highest BCUT2D eigenvalue weighted by Crippen LogP contribution is 2.43. The Morgan fingerprint density at radius 1 is 1.03 bits per heavy atom. The monoisotopic (exact) mass is 513 g/mol. The Labute approximate surface area is 219 Å². The van der Waals surface area contributed by atoms with Crippen LogP contribution in [0.5, 0.6) is 0 Å². The zero-order chi connectivity index (χ0) is 26.2. The molecule has 1 aromatic carbocycles. The van der Waals surface area contributed by atoms with E-state index in [1.54, 1.807) is 30.3 Å². The van der Waals surface area contributed by atoms with E-state index in [4.69, 9.17) is 0 Å². The predicted octanol–water partition coefficient (Wildman–Crippen LogP) is 5.73. The molecule has 0 radical (unpaired) electrons. The Balaban J connectivity index is 1.33. The summed E-state index contributed by atoms with van der Waals surface area (Å²) in [4.78, 5) is 15.2. The third-order valence-electron chi connectivity index (χ3n) is 8.91. The van der Waals surface area contributed by atoms with Gasteiger partial charge >= 0.3 is 0 Å². The van der Waals surface area contributed by atoms with Crippen molar-refractivity contribution in [3.63, 3.8) is 0 Å². The van der Waals surface area contributed by atoms with Crippen molar-refractivity contribution in [1.29, 1.82) is 0 Å². The molecule has 37 heavy (non-hydrogen) atoms. The van der Waals surface area contributed by atoms with Gasteiger partial charge in [-0.15, -0.1) is 10.2 Å². The molecule has 202 valence electrons. The van der Waals surface area contributed by atoms with Crippen LogP contribution < -0.4 is 5.32 Å². The molecule has 1 unspecified atom stereocenters. The Hall–Kier alpha value is -2.35. The standard InChI is InChI=1S/C29H41F2N5O/c1-19(2)27-34-33-20(3)36(27)25-16-23-14-15-24(17-25)35(23)18-26(30)29(31,22-12-8-5-9-13-22)32-28(37)21-10-6-4-7-11-21/h5,8-9,12-13,19,21,23-26H,4,6-7,10-11,14-18H2,1-3H3,(H,32,37)/t23-,24-,26?,29+/m0/s1. The van der Waals surface area contributed by atoms with Gasteiger partial charge in [-0.05, 0) is 45.4 Å². The number of carbonyl (C=O) groups excluding carboxylic acids is 1. The SMILES string of the molecule is Cc1nnc(C(C)C)n1C1C[C@@H]2CC[C@@H](C1)N2CC(F)[C@](F)(NC(=O)C1CCCCC1)c1ccccc1. The first-order chi connectivity index (χ1) is 17.8. The first-order valence-corrected chi connectivity index (χ1v) is 14.2. The van der Waals surface area contributed by atoms with Gasteiger partial charge in [0.2, 0.25) is 11.7 Å². The van der Waals surface area contributed by atoms with Crippen LogP contribution in [0.2, 0.25) is 0 Å². The van der Waals surface area contributed by atoms with E-state index in [2.05, 4.69) is 38.8 Å². The first-order valence-electron chi connectivity index (χ1n) is 14.2. The molecule has 1 aliphatic carbocycles. The van der Waals surface area contributed by atoms with Crippen molar-refractivity contribution in [2.75, 3.05) is 6.54 Å². The number of aryl methyl sites for hydroxylation is 1. The second kappa shape index (κ2) is 10.8. The average molecular weight is 514 g/mol. The van der Waals surface area contributed by atoms with Gasteiger partial charge in [0.25, 0.3) is 0 Å². The van der Waals surface area contributed by atoms with E-state index < -0.39 is 12.0 Å². The minimum absolute atomic E-state index is 0.0312. The minimum Gasteiger partial charge on any atom is -0.318 e. The lowest BCUT2D eigenvalue weighted by atomic mass is 9.87. The van der Waals surface area contributed by atoms with Gasteiger partial charge < -0.3 is 9.88 Å². The summed E-state index contributed by atoms with van der Waals surface area (Å²) in [5, 5.41) is 11.3. The molecule has 2 aromatic rings. The van der Waals surface area contributed by atoms with E-state index in [1.807, 2.05) is 6.92 Å². The summed E-state index contributed by atoms with van der Waals surface area (Å²) in [6, 6.07) is 8.97. The highest BCUT2D eigenvalue weighted by molar-refractivity contribution is 5.79. The molecule has 2 bridgehead atoms. The van der Waals surface area contributed by atoms with Crippen LogP contribution in [-0.2, 0) is 10.6 Å². The molecule has 3 aliphatic rings. The van der Waals surface area contributed by atoms with Crippen molar-refractivity contribution in [2.24, 2.45) is 5.92 Å². The maximum absolute atomic E-state index is 16.7. The van der Waals surface area contributed by atoms with Crippen molar-refractivity contribution >= 4 is 5.91 Å². The minimum atomic E-state index is -2.55. The molecule has 0 spiro atoms. The van der Waals surface area contributed by atoms with Crippen LogP contribution in [-0.4, -0.2) is 50.4 Å². The van der Waals surface area contributed by atoms with E-state index in [0.717, 1.165) is 69.4 Å². The van der Waals surface area contributed by atoms with Crippen LogP contribution in [0.15, 0.2) is 30.3 Å². The maximum Gasteiger partial charge on any atom is 0.241 e. The lowest BCUT2D eigenvalue weighted by Gasteiger charge is -2.42. The Morgan fingerprint density at radius 3 is 2.30 bits per heavy atom. The summed E-state index contributed by atoms with van der Waals surface area (Å²) in [6.45, 7) is 6.22. The zero-order valence-electron chi connectivity index (χ0n) is 22.4. The number of alkyl halides is 2. The number of piperidine rings is 1. The van der Waals surface area contributed by atoms with Crippen LogP contribution in [0.1, 0.15) is 101 Å². The number of fused-ring (bicyclic) bond motifs is 2. The number of hydrogen-bond donors (Lipinski definition) is 1. The fourth-order valence-electron chi connectivity index (χ4n) is 6.95. The highest BCUT2D eigenvalue weighted by Gasteiger charge is 2.49. The number of hydrogen-bond acceptors (Lipinski definition) is 4. The zero-order valence-corrected chi connectivity index (χ0v) is 22.4. The fourth-order valence-corrected chi connectivity index (χ4v) is 6.95. The summed E-state index contributed by atoms with van der Waals surface area (Å²) < 4.78 is 35.1. The number of benzene rings is 1. The van der Waals surface area contributed by atoms with Crippen LogP contribution in [0.3, 0.4) is 0 Å². The molecule has 2 aliphatic heterocycles. The van der Waals surface area contributed by atoms with Gasteiger partial charge in [0.15, 0.2) is 6.17 Å². The van der Waals surface area contributed by atoms with Crippen molar-refractivity contribution in [1.82, 2.24) is 25.0 Å². The third kappa shape index (κ3) is 5.18. The molecule has 8 heteroatoms. The smallest absolute Gasteiger partial charge is 0.241 e. The summed E-state index contributed by atoms with van der Waals surface area (Å²) in [5.41, 5.74) is 0.176. The summed E-state index contributed by atoms with van der Waals surface area (Å²) in [7, 11) is 0. The summed E-state index contributed by atoms with van der Waals surface area (Å²) >= 11 is 0. The highest BCUT2D eigenvalue weighted by atomic mass is 19.2. The van der Waals surface area contributed by atoms with Gasteiger partial charge in [0.05, 0.1) is 0 Å². The maximum atomic E-state index is 16.7. The van der Waals surface area contributed by atoms with Crippen LogP contribution in [0.4, 0.5) is 8.78 Å². The average Bonchev–Trinajstić information content (AvgIpc) is 3.39. The van der Waals surface area contributed by atoms with Crippen molar-refractivity contribution in [3.8, 4) is 0 Å². The van der Waals surface area contributed by atoms with Gasteiger partial charge in [-0.3, -0.25) is 9.69 Å². The molecule has 1 amide bonds. The van der Waals surface area contributed by atoms with Crippen molar-refractivity contribution in [2.45, 2.75) is 115 Å². The van der Waals surface area contributed by atoms with Gasteiger partial charge in [0.1, 0.15) is 11.6 Å². The Kier molecular flexibility index (Phi) is 7.66. The molecule has 1 saturated carbocycles. The second-order valence-corrected chi connectivity index (χ2v) is 11.7. The molecule has 6 nitrogen and oxygen atoms in total. The third-order valence-corrected chi connectivity index (χ3v) is 8.91. The van der Waals surface area contributed by atoms with E-state index in [1.165, 1.54) is 0 Å². The quantitative estimate of drug-likeness (QED) is 0.458. The van der Waals surface area contributed by atoms with Gasteiger partial charge in [-0.2, -0.15) is 0 Å². The normalized spacial score (nSPS) is 27.2. The molecule has 4 atom stereocenters. The second-order valence-electron chi connectivity index (χ2n) is 11.7. The van der Waals surface area contributed by atoms with Gasteiger partial charge in [-0.1, -0.05) is 63.4 Å². The number of rotatable bonds is 8. The number of halogens is 2. The molecule has 3 fully saturated rings. The van der Waals surface area contributed by atoms with E-state index >= 15 is 8.78 Å². The van der Waals surface area contributed by atoms with E-state index in [-0.39, 0.29) is 48.0 Å². The number of aromatic nitrogens is 3. The lowest BCUT2D eigenvalue weighted by molar-refractivity contribution is -0.134. The van der Waals surface area contributed by atoms with E-state index in [9.17, 15) is 4.79 Å². The number of amides is 1. The lowest BCUT2D eigenvalue weighted by Crippen LogP contribution is -2.56. The molecule has 1 aromatic heterocycles. The van der Waals surface area contributed by atoms with Crippen molar-refractivity contribution < 1.29 is 13.6 Å². The fraction of sp³-hybridized carbons (Fsp3) is 0.690. The molecular formula is C29H41F2N5O. The molecule has 5 rings (SSSR count). The van der Waals surface area contributed by atoms with Crippen LogP contribution in [0, 0.1) is 12.8 Å². The van der Waals surface area contributed by atoms with Crippen LogP contribution in [0.25, 0.3) is 0 Å². The number of carbonyl (C=O) groups is 1.